The van der Waals surface area contributed by atoms with Crippen molar-refractivity contribution in [2.45, 2.75) is 37.9 Å². The zero-order chi connectivity index (χ0) is 20.5. The fraction of sp³-hybridized carbons (Fsp3) is 0.421. The average Bonchev–Trinajstić information content (AvgIpc) is 2.59. The first-order chi connectivity index (χ1) is 12.5. The third-order valence-corrected chi connectivity index (χ3v) is 6.53. The fourth-order valence-electron chi connectivity index (χ4n) is 2.76. The van der Waals surface area contributed by atoms with Crippen molar-refractivity contribution in [3.05, 3.63) is 45.5 Å². The van der Waals surface area contributed by atoms with Gasteiger partial charge in [0.25, 0.3) is 0 Å². The Morgan fingerprint density at radius 1 is 1.15 bits per heavy atom. The predicted molar refractivity (Wildman–Crippen MR) is 110 cm³/mol. The molecule has 0 saturated carbocycles. The van der Waals surface area contributed by atoms with E-state index in [-0.39, 0.29) is 33.9 Å². The van der Waals surface area contributed by atoms with Gasteiger partial charge in [-0.25, -0.2) is 4.79 Å². The number of rotatable bonds is 4. The molecule has 0 fully saturated rings. The van der Waals surface area contributed by atoms with Gasteiger partial charge in [-0.1, -0.05) is 56.1 Å². The van der Waals surface area contributed by atoms with Crippen LogP contribution in [0.2, 0.25) is 5.02 Å². The van der Waals surface area contributed by atoms with Gasteiger partial charge >= 0.3 is 5.97 Å². The summed E-state index contributed by atoms with van der Waals surface area (Å²) in [4.78, 5) is 28.7. The van der Waals surface area contributed by atoms with Gasteiger partial charge in [0, 0.05) is 10.6 Å². The summed E-state index contributed by atoms with van der Waals surface area (Å²) in [5.74, 6) is -1.55. The summed E-state index contributed by atoms with van der Waals surface area (Å²) in [5.41, 5.74) is 0.637. The van der Waals surface area contributed by atoms with Crippen LogP contribution in [-0.2, 0) is 9.63 Å². The van der Waals surface area contributed by atoms with E-state index >= 15 is 0 Å². The zero-order valence-corrected chi connectivity index (χ0v) is 18.2. The molecule has 0 aromatic heterocycles. The van der Waals surface area contributed by atoms with Crippen molar-refractivity contribution in [1.82, 2.24) is 0 Å². The highest BCUT2D eigenvalue weighted by Crippen LogP contribution is 2.44. The number of hydrogen-bond acceptors (Lipinski definition) is 4. The van der Waals surface area contributed by atoms with Gasteiger partial charge in [-0.2, -0.15) is 0 Å². The van der Waals surface area contributed by atoms with Crippen LogP contribution >= 0.6 is 46.4 Å². The van der Waals surface area contributed by atoms with E-state index in [2.05, 4.69) is 5.16 Å². The number of benzene rings is 1. The van der Waals surface area contributed by atoms with Crippen molar-refractivity contribution in [3.63, 3.8) is 0 Å². The van der Waals surface area contributed by atoms with Gasteiger partial charge in [0.1, 0.15) is 16.0 Å². The Balaban J connectivity index is 2.46. The second kappa shape index (κ2) is 8.52. The number of alkyl halides is 2. The lowest BCUT2D eigenvalue weighted by molar-refractivity contribution is -0.119. The number of oxime groups is 1. The summed E-state index contributed by atoms with van der Waals surface area (Å²) >= 11 is 25.3. The molecule has 0 radical (unpaired) electrons. The van der Waals surface area contributed by atoms with Crippen LogP contribution in [0, 0.1) is 11.8 Å². The van der Waals surface area contributed by atoms with Crippen molar-refractivity contribution < 1.29 is 14.4 Å². The van der Waals surface area contributed by atoms with Crippen molar-refractivity contribution >= 4 is 63.9 Å². The van der Waals surface area contributed by atoms with Crippen LogP contribution < -0.4 is 0 Å². The molecule has 1 aliphatic rings. The smallest absolute Gasteiger partial charge is 0.312 e. The third-order valence-electron chi connectivity index (χ3n) is 4.39. The molecular formula is C19H19Cl4NO3. The predicted octanol–water partition coefficient (Wildman–Crippen LogP) is 5.83. The molecule has 2 rings (SSSR count). The number of ketones is 1. The number of allylic oxidation sites excluding steroid dienone is 2. The standard InChI is InChI=1S/C19H19Cl4NO3/c1-9(2)13-14(21)15(16(22)19(23,10(3)4)17(13)25)24-27-18(26)11-5-7-12(20)8-6-11/h5-10,16H,1-4H3/b24-15-. The average molecular weight is 451 g/mol. The summed E-state index contributed by atoms with van der Waals surface area (Å²) < 4.78 is 0. The number of hydrogen-bond donors (Lipinski definition) is 0. The van der Waals surface area contributed by atoms with E-state index in [1.165, 1.54) is 12.1 Å². The minimum absolute atomic E-state index is 0.0626. The van der Waals surface area contributed by atoms with Gasteiger partial charge in [-0.3, -0.25) is 4.79 Å². The molecular weight excluding hydrogens is 432 g/mol. The first-order valence-corrected chi connectivity index (χ1v) is 9.91. The van der Waals surface area contributed by atoms with E-state index in [1.807, 2.05) is 13.8 Å². The second-order valence-corrected chi connectivity index (χ2v) is 8.74. The van der Waals surface area contributed by atoms with Crippen LogP contribution in [0.1, 0.15) is 38.1 Å². The van der Waals surface area contributed by atoms with Gasteiger partial charge in [0.05, 0.1) is 10.6 Å². The number of carbonyl (C=O) groups is 2. The molecule has 8 heteroatoms. The summed E-state index contributed by atoms with van der Waals surface area (Å²) in [6, 6.07) is 6.12. The third kappa shape index (κ3) is 4.19. The fourth-order valence-corrected chi connectivity index (χ4v) is 4.09. The molecule has 0 heterocycles. The Morgan fingerprint density at radius 2 is 1.70 bits per heavy atom. The maximum atomic E-state index is 13.0. The summed E-state index contributed by atoms with van der Waals surface area (Å²) in [5, 5.41) is 3.36. The highest BCUT2D eigenvalue weighted by molar-refractivity contribution is 6.59. The Bertz CT molecular complexity index is 815. The summed E-state index contributed by atoms with van der Waals surface area (Å²) in [6.45, 7) is 7.21. The van der Waals surface area contributed by atoms with Gasteiger partial charge in [-0.05, 0) is 36.1 Å². The normalized spacial score (nSPS) is 24.9. The lowest BCUT2D eigenvalue weighted by Gasteiger charge is -2.39. The van der Waals surface area contributed by atoms with Crippen LogP contribution in [0.4, 0.5) is 0 Å². The van der Waals surface area contributed by atoms with Crippen LogP contribution in [0.25, 0.3) is 0 Å². The van der Waals surface area contributed by atoms with Crippen LogP contribution in [0.3, 0.4) is 0 Å². The summed E-state index contributed by atoms with van der Waals surface area (Å²) in [7, 11) is 0. The van der Waals surface area contributed by atoms with E-state index in [0.717, 1.165) is 0 Å². The van der Waals surface area contributed by atoms with E-state index in [9.17, 15) is 9.59 Å². The second-order valence-electron chi connectivity index (χ2n) is 6.86. The van der Waals surface area contributed by atoms with E-state index in [1.54, 1.807) is 26.0 Å². The molecule has 146 valence electrons. The van der Waals surface area contributed by atoms with Crippen LogP contribution in [-0.4, -0.2) is 27.7 Å². The Labute approximate surface area is 178 Å². The van der Waals surface area contributed by atoms with Gasteiger partial charge in [0.15, 0.2) is 5.78 Å². The number of nitrogens with zero attached hydrogens (tertiary/aromatic N) is 1. The quantitative estimate of drug-likeness (QED) is 0.329. The van der Waals surface area contributed by atoms with Crippen LogP contribution in [0.15, 0.2) is 40.0 Å². The minimum Gasteiger partial charge on any atom is -0.312 e. The maximum Gasteiger partial charge on any atom is 0.365 e. The maximum absolute atomic E-state index is 13.0. The molecule has 1 aliphatic carbocycles. The number of halogens is 4. The lowest BCUT2D eigenvalue weighted by Crippen LogP contribution is -2.54. The molecule has 0 saturated heterocycles. The molecule has 0 bridgehead atoms. The van der Waals surface area contributed by atoms with Gasteiger partial charge in [0.2, 0.25) is 0 Å². The SMILES string of the molecule is CC(C)C1=C(Cl)/C(=N/OC(=O)c2ccc(Cl)cc2)C(Cl)C(Cl)(C(C)C)C1=O. The lowest BCUT2D eigenvalue weighted by atomic mass is 9.75. The molecule has 2 atom stereocenters. The molecule has 1 aromatic carbocycles. The highest BCUT2D eigenvalue weighted by Gasteiger charge is 2.54. The minimum atomic E-state index is -1.44. The van der Waals surface area contributed by atoms with Crippen molar-refractivity contribution in [2.24, 2.45) is 17.0 Å². The molecule has 4 nitrogen and oxygen atoms in total. The largest absolute Gasteiger partial charge is 0.365 e. The molecule has 27 heavy (non-hydrogen) atoms. The van der Waals surface area contributed by atoms with E-state index in [0.29, 0.717) is 10.6 Å². The highest BCUT2D eigenvalue weighted by atomic mass is 35.5. The van der Waals surface area contributed by atoms with Gasteiger partial charge < -0.3 is 4.84 Å². The van der Waals surface area contributed by atoms with Crippen molar-refractivity contribution in [2.75, 3.05) is 0 Å². The monoisotopic (exact) mass is 449 g/mol. The zero-order valence-electron chi connectivity index (χ0n) is 15.2. The summed E-state index contributed by atoms with van der Waals surface area (Å²) in [6.07, 6.45) is 0. The molecule has 0 spiro atoms. The molecule has 0 N–H and O–H groups in total. The molecule has 0 aliphatic heterocycles. The number of Topliss-reactive ketones (excluding diaryl/α,β-unsaturated/α-hetero) is 1. The van der Waals surface area contributed by atoms with Crippen LogP contribution in [0.5, 0.6) is 0 Å². The Hall–Kier alpha value is -1.07. The van der Waals surface area contributed by atoms with E-state index in [4.69, 9.17) is 51.2 Å². The first kappa shape index (κ1) is 22.2. The topological polar surface area (TPSA) is 55.7 Å². The first-order valence-electron chi connectivity index (χ1n) is 8.34. The van der Waals surface area contributed by atoms with Crippen molar-refractivity contribution in [3.8, 4) is 0 Å². The van der Waals surface area contributed by atoms with E-state index < -0.39 is 16.2 Å². The molecule has 1 aromatic rings. The number of carbonyl (C=O) groups excluding carboxylic acids is 2. The van der Waals surface area contributed by atoms with Gasteiger partial charge in [-0.15, -0.1) is 23.2 Å². The molecule has 0 amide bonds. The Morgan fingerprint density at radius 3 is 2.19 bits per heavy atom. The van der Waals surface area contributed by atoms with Crippen molar-refractivity contribution in [1.29, 1.82) is 0 Å². The Kier molecular flexibility index (Phi) is 7.01. The molecule has 2 unspecified atom stereocenters.